The number of nitrogens with zero attached hydrogens (tertiary/aromatic N) is 2. The Kier molecular flexibility index (Phi) is 8.06. The fraction of sp³-hybridized carbons (Fsp3) is 0.481. The van der Waals surface area contributed by atoms with Gasteiger partial charge in [0.1, 0.15) is 11.5 Å². The van der Waals surface area contributed by atoms with Gasteiger partial charge in [-0.1, -0.05) is 36.4 Å². The molecule has 2 fully saturated rings. The lowest BCUT2D eigenvalue weighted by Gasteiger charge is -2.39. The summed E-state index contributed by atoms with van der Waals surface area (Å²) in [5, 5.41) is 0. The summed E-state index contributed by atoms with van der Waals surface area (Å²) >= 11 is 0. The van der Waals surface area contributed by atoms with Crippen LogP contribution in [0.3, 0.4) is 0 Å². The highest BCUT2D eigenvalue weighted by Gasteiger charge is 2.42. The van der Waals surface area contributed by atoms with Gasteiger partial charge in [-0.3, -0.25) is 9.59 Å². The van der Waals surface area contributed by atoms with E-state index in [1.807, 2.05) is 35.2 Å². The molecule has 0 radical (unpaired) electrons. The van der Waals surface area contributed by atoms with E-state index in [0.29, 0.717) is 45.6 Å². The summed E-state index contributed by atoms with van der Waals surface area (Å²) in [5.74, 6) is 0.366. The first-order valence-electron chi connectivity index (χ1n) is 12.3. The molecular weight excluding hydrogens is 473 g/mol. The van der Waals surface area contributed by atoms with E-state index < -0.39 is 6.36 Å². The van der Waals surface area contributed by atoms with Crippen LogP contribution in [0.4, 0.5) is 13.2 Å². The molecule has 0 N–H and O–H groups in total. The van der Waals surface area contributed by atoms with Crippen LogP contribution in [0.2, 0.25) is 0 Å². The van der Waals surface area contributed by atoms with E-state index in [-0.39, 0.29) is 35.0 Å². The molecule has 0 bridgehead atoms. The standard InChI is InChI=1S/C27H31F3N2O4/c28-27(29,30)36-23-10-5-4-7-21(23)19-25(34)32-17-14-26(20-32)12-15-31(16-13-26)24(33)11-6-18-35-22-8-2-1-3-9-22/h1-5,7-10H,6,11-20H2. The molecule has 2 saturated heterocycles. The summed E-state index contributed by atoms with van der Waals surface area (Å²) < 4.78 is 47.8. The summed E-state index contributed by atoms with van der Waals surface area (Å²) in [6.07, 6.45) is -1.39. The molecule has 4 rings (SSSR count). The molecule has 1 spiro atoms. The van der Waals surface area contributed by atoms with Crippen molar-refractivity contribution in [3.05, 3.63) is 60.2 Å². The number of ether oxygens (including phenoxy) is 2. The maximum atomic E-state index is 12.9. The van der Waals surface area contributed by atoms with Gasteiger partial charge in [-0.15, -0.1) is 13.2 Å². The van der Waals surface area contributed by atoms with Gasteiger partial charge in [0.2, 0.25) is 11.8 Å². The summed E-state index contributed by atoms with van der Waals surface area (Å²) in [6.45, 7) is 2.94. The first kappa shape index (κ1) is 25.9. The average Bonchev–Trinajstić information content (AvgIpc) is 3.27. The quantitative estimate of drug-likeness (QED) is 0.484. The van der Waals surface area contributed by atoms with E-state index >= 15 is 0 Å². The van der Waals surface area contributed by atoms with Crippen molar-refractivity contribution in [2.24, 2.45) is 5.41 Å². The van der Waals surface area contributed by atoms with Gasteiger partial charge in [0, 0.05) is 38.2 Å². The number of benzene rings is 2. The molecule has 0 saturated carbocycles. The van der Waals surface area contributed by atoms with Crippen molar-refractivity contribution in [2.75, 3.05) is 32.8 Å². The Morgan fingerprint density at radius 1 is 0.861 bits per heavy atom. The monoisotopic (exact) mass is 504 g/mol. The van der Waals surface area contributed by atoms with Crippen molar-refractivity contribution in [1.29, 1.82) is 0 Å². The summed E-state index contributed by atoms with van der Waals surface area (Å²) in [7, 11) is 0. The molecule has 0 unspecified atom stereocenters. The zero-order chi connectivity index (χ0) is 25.6. The SMILES string of the molecule is O=C(CCCOc1ccccc1)N1CCC2(CC1)CCN(C(=O)Cc1ccccc1OC(F)(F)F)C2. The number of alkyl halides is 3. The molecule has 36 heavy (non-hydrogen) atoms. The van der Waals surface area contributed by atoms with E-state index in [2.05, 4.69) is 4.74 Å². The second-order valence-corrected chi connectivity index (χ2v) is 9.54. The van der Waals surface area contributed by atoms with Crippen molar-refractivity contribution in [3.63, 3.8) is 0 Å². The number of hydrogen-bond donors (Lipinski definition) is 0. The van der Waals surface area contributed by atoms with E-state index in [1.165, 1.54) is 18.2 Å². The predicted octanol–water partition coefficient (Wildman–Crippen LogP) is 4.83. The first-order valence-corrected chi connectivity index (χ1v) is 12.3. The third kappa shape index (κ3) is 6.92. The average molecular weight is 505 g/mol. The van der Waals surface area contributed by atoms with Crippen molar-refractivity contribution >= 4 is 11.8 Å². The number of hydrogen-bond acceptors (Lipinski definition) is 4. The third-order valence-electron chi connectivity index (χ3n) is 7.05. The molecule has 194 valence electrons. The van der Waals surface area contributed by atoms with Gasteiger partial charge >= 0.3 is 6.36 Å². The van der Waals surface area contributed by atoms with Crippen molar-refractivity contribution in [3.8, 4) is 11.5 Å². The first-order chi connectivity index (χ1) is 17.2. The smallest absolute Gasteiger partial charge is 0.494 e. The predicted molar refractivity (Wildman–Crippen MR) is 127 cm³/mol. The Morgan fingerprint density at radius 2 is 1.50 bits per heavy atom. The van der Waals surface area contributed by atoms with E-state index in [0.717, 1.165) is 25.0 Å². The Hall–Kier alpha value is -3.23. The molecule has 6 nitrogen and oxygen atoms in total. The highest BCUT2D eigenvalue weighted by molar-refractivity contribution is 5.80. The molecule has 2 aromatic rings. The van der Waals surface area contributed by atoms with Crippen LogP contribution in [-0.2, 0) is 16.0 Å². The summed E-state index contributed by atoms with van der Waals surface area (Å²) in [4.78, 5) is 29.2. The minimum atomic E-state index is -4.81. The molecule has 2 amide bonds. The number of carbonyl (C=O) groups is 2. The number of para-hydroxylation sites is 2. The lowest BCUT2D eigenvalue weighted by molar-refractivity contribution is -0.274. The van der Waals surface area contributed by atoms with Gasteiger partial charge in [0.15, 0.2) is 0 Å². The molecule has 0 atom stereocenters. The van der Waals surface area contributed by atoms with Crippen molar-refractivity contribution in [1.82, 2.24) is 9.80 Å². The second-order valence-electron chi connectivity index (χ2n) is 9.54. The highest BCUT2D eigenvalue weighted by atomic mass is 19.4. The fourth-order valence-electron chi connectivity index (χ4n) is 5.02. The molecule has 2 aliphatic rings. The maximum absolute atomic E-state index is 12.9. The largest absolute Gasteiger partial charge is 0.573 e. The number of amides is 2. The topological polar surface area (TPSA) is 59.1 Å². The van der Waals surface area contributed by atoms with E-state index in [1.54, 1.807) is 11.0 Å². The van der Waals surface area contributed by atoms with Crippen molar-refractivity contribution < 1.29 is 32.2 Å². The number of halogens is 3. The Bertz CT molecular complexity index is 1040. The maximum Gasteiger partial charge on any atom is 0.573 e. The number of piperidine rings is 1. The van der Waals surface area contributed by atoms with Crippen LogP contribution < -0.4 is 9.47 Å². The fourth-order valence-corrected chi connectivity index (χ4v) is 5.02. The van der Waals surface area contributed by atoms with Gasteiger partial charge in [0.25, 0.3) is 0 Å². The Morgan fingerprint density at radius 3 is 2.19 bits per heavy atom. The number of carbonyl (C=O) groups excluding carboxylic acids is 2. The van der Waals surface area contributed by atoms with Gasteiger partial charge in [-0.2, -0.15) is 0 Å². The second kappa shape index (κ2) is 11.2. The molecule has 0 aromatic heterocycles. The molecule has 9 heteroatoms. The summed E-state index contributed by atoms with van der Waals surface area (Å²) in [5.41, 5.74) is 0.183. The van der Waals surface area contributed by atoms with Crippen LogP contribution in [0.5, 0.6) is 11.5 Å². The Labute approximate surface area is 209 Å². The molecule has 2 aromatic carbocycles. The molecule has 2 heterocycles. The van der Waals surface area contributed by atoms with E-state index in [9.17, 15) is 22.8 Å². The van der Waals surface area contributed by atoms with Crippen LogP contribution in [0.15, 0.2) is 54.6 Å². The van der Waals surface area contributed by atoms with Gasteiger partial charge in [-0.05, 0) is 49.3 Å². The highest BCUT2D eigenvalue weighted by Crippen LogP contribution is 2.41. The lowest BCUT2D eigenvalue weighted by atomic mass is 9.77. The number of likely N-dealkylation sites (tertiary alicyclic amines) is 2. The normalized spacial score (nSPS) is 17.3. The minimum absolute atomic E-state index is 0.0369. The molecular formula is C27H31F3N2O4. The molecule has 2 aliphatic heterocycles. The zero-order valence-corrected chi connectivity index (χ0v) is 20.1. The summed E-state index contributed by atoms with van der Waals surface area (Å²) in [6, 6.07) is 15.3. The van der Waals surface area contributed by atoms with Crippen LogP contribution in [-0.4, -0.2) is 60.8 Å². The third-order valence-corrected chi connectivity index (χ3v) is 7.05. The van der Waals surface area contributed by atoms with Crippen molar-refractivity contribution in [2.45, 2.75) is 44.9 Å². The Balaban J connectivity index is 1.22. The zero-order valence-electron chi connectivity index (χ0n) is 20.1. The van der Waals surface area contributed by atoms with Gasteiger partial charge in [-0.25, -0.2) is 0 Å². The van der Waals surface area contributed by atoms with Crippen LogP contribution in [0, 0.1) is 5.41 Å². The van der Waals surface area contributed by atoms with Crippen LogP contribution in [0.25, 0.3) is 0 Å². The molecule has 0 aliphatic carbocycles. The number of rotatable bonds is 8. The minimum Gasteiger partial charge on any atom is -0.494 e. The van der Waals surface area contributed by atoms with E-state index in [4.69, 9.17) is 4.74 Å². The van der Waals surface area contributed by atoms with Gasteiger partial charge < -0.3 is 19.3 Å². The van der Waals surface area contributed by atoms with Gasteiger partial charge in [0.05, 0.1) is 13.0 Å². The lowest BCUT2D eigenvalue weighted by Crippen LogP contribution is -2.44. The van der Waals surface area contributed by atoms with Crippen LogP contribution in [0.1, 0.15) is 37.7 Å². The van der Waals surface area contributed by atoms with Crippen LogP contribution >= 0.6 is 0 Å².